The first kappa shape index (κ1) is 17.6. The summed E-state index contributed by atoms with van der Waals surface area (Å²) in [5, 5.41) is 2.56. The number of carbonyl (C=O) groups excluding carboxylic acids is 3. The number of nitrogens with one attached hydrogen (secondary N) is 1. The highest BCUT2D eigenvalue weighted by molar-refractivity contribution is 5.80. The normalized spacial score (nSPS) is 14.4. The third kappa shape index (κ3) is 7.56. The first-order valence-electron chi connectivity index (χ1n) is 6.10. The molecule has 0 unspecified atom stereocenters. The van der Waals surface area contributed by atoms with Crippen LogP contribution in [0.5, 0.6) is 0 Å². The number of aldehydes is 1. The maximum absolute atomic E-state index is 11.3. The molecule has 0 saturated carbocycles. The van der Waals surface area contributed by atoms with Gasteiger partial charge in [-0.2, -0.15) is 0 Å². The largest absolute Gasteiger partial charge is 0.469 e. The molecule has 1 atom stereocenters. The van der Waals surface area contributed by atoms with Crippen LogP contribution in [-0.4, -0.2) is 43.0 Å². The summed E-state index contributed by atoms with van der Waals surface area (Å²) >= 11 is 0. The number of hydrogen-bond donors (Lipinski definition) is 1. The van der Waals surface area contributed by atoms with Gasteiger partial charge in [-0.1, -0.05) is 0 Å². The van der Waals surface area contributed by atoms with E-state index in [-0.39, 0.29) is 25.4 Å². The van der Waals surface area contributed by atoms with Crippen molar-refractivity contribution in [2.24, 2.45) is 0 Å². The molecule has 0 aromatic heterocycles. The molecule has 19 heavy (non-hydrogen) atoms. The van der Waals surface area contributed by atoms with Gasteiger partial charge in [-0.3, -0.25) is 9.59 Å². The van der Waals surface area contributed by atoms with Gasteiger partial charge < -0.3 is 19.6 Å². The highest BCUT2D eigenvalue weighted by Crippen LogP contribution is 2.17. The molecule has 110 valence electrons. The van der Waals surface area contributed by atoms with Gasteiger partial charge in [0.15, 0.2) is 0 Å². The van der Waals surface area contributed by atoms with Crippen molar-refractivity contribution in [3.8, 4) is 0 Å². The van der Waals surface area contributed by atoms with Crippen molar-refractivity contribution in [3.63, 3.8) is 0 Å². The van der Waals surface area contributed by atoms with Gasteiger partial charge in [0, 0.05) is 13.3 Å². The highest BCUT2D eigenvalue weighted by atomic mass is 16.5. The van der Waals surface area contributed by atoms with E-state index in [1.165, 1.54) is 14.0 Å². The lowest BCUT2D eigenvalue weighted by atomic mass is 9.95. The minimum absolute atomic E-state index is 0.0105. The maximum Gasteiger partial charge on any atom is 0.305 e. The van der Waals surface area contributed by atoms with Gasteiger partial charge in [0.2, 0.25) is 5.91 Å². The molecule has 0 aliphatic heterocycles. The topological polar surface area (TPSA) is 81.7 Å². The van der Waals surface area contributed by atoms with E-state index in [2.05, 4.69) is 10.1 Å². The first-order valence-corrected chi connectivity index (χ1v) is 6.10. The number of ether oxygens (including phenoxy) is 2. The minimum Gasteiger partial charge on any atom is -0.469 e. The van der Waals surface area contributed by atoms with E-state index in [0.29, 0.717) is 6.29 Å². The van der Waals surface area contributed by atoms with Crippen molar-refractivity contribution in [1.82, 2.24) is 5.32 Å². The lowest BCUT2D eigenvalue weighted by molar-refractivity contribution is -0.142. The zero-order chi connectivity index (χ0) is 15.1. The van der Waals surface area contributed by atoms with E-state index >= 15 is 0 Å². The Morgan fingerprint density at radius 1 is 1.26 bits per heavy atom. The van der Waals surface area contributed by atoms with Crippen molar-refractivity contribution in [1.29, 1.82) is 0 Å². The zero-order valence-corrected chi connectivity index (χ0v) is 12.2. The quantitative estimate of drug-likeness (QED) is 0.549. The van der Waals surface area contributed by atoms with Crippen LogP contribution in [-0.2, 0) is 23.9 Å². The Hall–Kier alpha value is -1.43. The standard InChI is InChI=1S/C13H23NO5/c1-10(16)14-13(8-15,7-6-11(17)18-5)9-19-12(2,3)4/h8H,6-7,9H2,1-5H3,(H,14,16)/t13-/m0/s1. The maximum atomic E-state index is 11.3. The fourth-order valence-electron chi connectivity index (χ4n) is 1.42. The Morgan fingerprint density at radius 3 is 2.21 bits per heavy atom. The second kappa shape index (κ2) is 7.23. The van der Waals surface area contributed by atoms with Crippen molar-refractivity contribution in [2.75, 3.05) is 13.7 Å². The second-order valence-electron chi connectivity index (χ2n) is 5.43. The summed E-state index contributed by atoms with van der Waals surface area (Å²) in [5.41, 5.74) is -1.65. The molecular formula is C13H23NO5. The van der Waals surface area contributed by atoms with Gasteiger partial charge in [0.05, 0.1) is 19.3 Å². The van der Waals surface area contributed by atoms with Gasteiger partial charge in [-0.05, 0) is 27.2 Å². The second-order valence-corrected chi connectivity index (χ2v) is 5.43. The molecule has 0 saturated heterocycles. The summed E-state index contributed by atoms with van der Waals surface area (Å²) in [6.07, 6.45) is 0.783. The molecule has 0 bridgehead atoms. The molecule has 6 nitrogen and oxygen atoms in total. The molecular weight excluding hydrogens is 250 g/mol. The lowest BCUT2D eigenvalue weighted by Crippen LogP contribution is -2.54. The Morgan fingerprint density at radius 2 is 1.84 bits per heavy atom. The molecule has 0 aliphatic rings. The fourth-order valence-corrected chi connectivity index (χ4v) is 1.42. The van der Waals surface area contributed by atoms with Crippen LogP contribution in [0.15, 0.2) is 0 Å². The van der Waals surface area contributed by atoms with E-state index in [1.54, 1.807) is 0 Å². The molecule has 0 fully saturated rings. The Bertz CT molecular complexity index is 334. The van der Waals surface area contributed by atoms with Crippen LogP contribution in [0.3, 0.4) is 0 Å². The zero-order valence-electron chi connectivity index (χ0n) is 12.2. The van der Waals surface area contributed by atoms with Crippen LogP contribution in [0.25, 0.3) is 0 Å². The van der Waals surface area contributed by atoms with Crippen molar-refractivity contribution >= 4 is 18.2 Å². The average Bonchev–Trinajstić information content (AvgIpc) is 2.31. The van der Waals surface area contributed by atoms with Gasteiger partial charge in [-0.25, -0.2) is 0 Å². The predicted octanol–water partition coefficient (Wildman–Crippen LogP) is 0.828. The van der Waals surface area contributed by atoms with Crippen LogP contribution in [0.2, 0.25) is 0 Å². The Balaban J connectivity index is 4.82. The molecule has 0 aliphatic carbocycles. The molecule has 0 spiro atoms. The molecule has 0 heterocycles. The number of esters is 1. The summed E-state index contributed by atoms with van der Waals surface area (Å²) < 4.78 is 10.1. The number of amides is 1. The van der Waals surface area contributed by atoms with Crippen molar-refractivity contribution in [2.45, 2.75) is 51.7 Å². The smallest absolute Gasteiger partial charge is 0.305 e. The van der Waals surface area contributed by atoms with Crippen LogP contribution in [0.4, 0.5) is 0 Å². The van der Waals surface area contributed by atoms with Crippen molar-refractivity contribution < 1.29 is 23.9 Å². The van der Waals surface area contributed by atoms with Gasteiger partial charge in [-0.15, -0.1) is 0 Å². The monoisotopic (exact) mass is 273 g/mol. The molecule has 0 radical (unpaired) electrons. The third-order valence-corrected chi connectivity index (χ3v) is 2.42. The molecule has 1 amide bonds. The molecule has 0 aromatic rings. The lowest BCUT2D eigenvalue weighted by Gasteiger charge is -2.32. The van der Waals surface area contributed by atoms with Crippen LogP contribution in [0, 0.1) is 0 Å². The van der Waals surface area contributed by atoms with E-state index < -0.39 is 17.1 Å². The molecule has 6 heteroatoms. The number of carbonyl (C=O) groups is 3. The van der Waals surface area contributed by atoms with E-state index in [9.17, 15) is 14.4 Å². The van der Waals surface area contributed by atoms with Crippen LogP contribution in [0.1, 0.15) is 40.5 Å². The summed E-state index contributed by atoms with van der Waals surface area (Å²) in [4.78, 5) is 33.7. The van der Waals surface area contributed by atoms with E-state index in [0.717, 1.165) is 0 Å². The number of rotatable bonds is 7. The highest BCUT2D eigenvalue weighted by Gasteiger charge is 2.33. The summed E-state index contributed by atoms with van der Waals surface area (Å²) in [6.45, 7) is 6.86. The first-order chi connectivity index (χ1) is 8.64. The fraction of sp³-hybridized carbons (Fsp3) is 0.769. The Kier molecular flexibility index (Phi) is 6.69. The van der Waals surface area contributed by atoms with Crippen LogP contribution >= 0.6 is 0 Å². The van der Waals surface area contributed by atoms with Gasteiger partial charge in [0.25, 0.3) is 0 Å². The summed E-state index contributed by atoms with van der Waals surface area (Å²) in [5.74, 6) is -0.790. The number of hydrogen-bond acceptors (Lipinski definition) is 5. The molecule has 0 aromatic carbocycles. The van der Waals surface area contributed by atoms with E-state index in [1.807, 2.05) is 20.8 Å². The summed E-state index contributed by atoms with van der Waals surface area (Å²) in [7, 11) is 1.27. The van der Waals surface area contributed by atoms with E-state index in [4.69, 9.17) is 4.74 Å². The third-order valence-electron chi connectivity index (χ3n) is 2.42. The summed E-state index contributed by atoms with van der Waals surface area (Å²) in [6, 6.07) is 0. The Labute approximate surface area is 113 Å². The number of methoxy groups -OCH3 is 1. The predicted molar refractivity (Wildman–Crippen MR) is 69.6 cm³/mol. The molecule has 1 N–H and O–H groups in total. The van der Waals surface area contributed by atoms with Gasteiger partial charge >= 0.3 is 5.97 Å². The van der Waals surface area contributed by atoms with Crippen molar-refractivity contribution in [3.05, 3.63) is 0 Å². The SMILES string of the molecule is COC(=O)CC[C@](C=O)(COC(C)(C)C)NC(C)=O. The minimum atomic E-state index is -1.20. The molecule has 0 rings (SSSR count). The average molecular weight is 273 g/mol. The van der Waals surface area contributed by atoms with Crippen LogP contribution < -0.4 is 5.32 Å². The van der Waals surface area contributed by atoms with Gasteiger partial charge in [0.1, 0.15) is 11.8 Å².